The molecule has 206 valence electrons. The van der Waals surface area contributed by atoms with Crippen molar-refractivity contribution in [1.29, 1.82) is 0 Å². The monoisotopic (exact) mass is 583 g/mol. The molecule has 0 saturated heterocycles. The van der Waals surface area contributed by atoms with E-state index in [1.165, 1.54) is 15.9 Å². The zero-order valence-corrected chi connectivity index (χ0v) is 24.0. The molecule has 41 heavy (non-hydrogen) atoms. The molecule has 0 aliphatic rings. The first kappa shape index (κ1) is 26.7. The summed E-state index contributed by atoms with van der Waals surface area (Å²) in [5, 5.41) is 9.82. The van der Waals surface area contributed by atoms with Crippen molar-refractivity contribution < 1.29 is 9.47 Å². The van der Waals surface area contributed by atoms with Crippen LogP contribution in [0.4, 0.5) is 0 Å². The summed E-state index contributed by atoms with van der Waals surface area (Å²) in [4.78, 5) is 18.5. The Hall–Kier alpha value is -4.47. The third-order valence-electron chi connectivity index (χ3n) is 6.54. The average molecular weight is 584 g/mol. The van der Waals surface area contributed by atoms with Crippen LogP contribution in [0.1, 0.15) is 25.3 Å². The second-order valence-electron chi connectivity index (χ2n) is 9.33. The van der Waals surface area contributed by atoms with Crippen molar-refractivity contribution in [2.24, 2.45) is 0 Å². The van der Waals surface area contributed by atoms with Crippen molar-refractivity contribution in [3.8, 4) is 39.8 Å². The second-order valence-corrected chi connectivity index (χ2v) is 10.8. The van der Waals surface area contributed by atoms with Crippen LogP contribution in [0, 0.1) is 0 Å². The Labute approximate surface area is 245 Å². The maximum atomic E-state index is 13.4. The van der Waals surface area contributed by atoms with E-state index in [-0.39, 0.29) is 5.56 Å². The molecule has 0 aliphatic heterocycles. The number of unbranched alkanes of at least 4 members (excludes halogenated alkanes) is 1. The van der Waals surface area contributed by atoms with Crippen LogP contribution in [0.25, 0.3) is 39.4 Å². The summed E-state index contributed by atoms with van der Waals surface area (Å²) >= 11 is 7.72. The fraction of sp³-hybridized carbons (Fsp3) is 0.161. The van der Waals surface area contributed by atoms with Gasteiger partial charge in [-0.2, -0.15) is 14.6 Å². The summed E-state index contributed by atoms with van der Waals surface area (Å²) in [6, 6.07) is 22.9. The molecule has 0 N–H and O–H groups in total. The molecule has 0 unspecified atom stereocenters. The first-order valence-electron chi connectivity index (χ1n) is 13.2. The molecule has 3 aromatic carbocycles. The maximum absolute atomic E-state index is 13.4. The van der Waals surface area contributed by atoms with E-state index in [4.69, 9.17) is 26.2 Å². The van der Waals surface area contributed by atoms with E-state index in [1.807, 2.05) is 79.0 Å². The fourth-order valence-electron chi connectivity index (χ4n) is 4.38. The lowest BCUT2D eigenvalue weighted by Crippen LogP contribution is -2.23. The van der Waals surface area contributed by atoms with Crippen molar-refractivity contribution in [3.63, 3.8) is 0 Å². The van der Waals surface area contributed by atoms with E-state index >= 15 is 0 Å². The van der Waals surface area contributed by atoms with Gasteiger partial charge in [0, 0.05) is 22.9 Å². The lowest BCUT2D eigenvalue weighted by atomic mass is 10.1. The summed E-state index contributed by atoms with van der Waals surface area (Å²) in [7, 11) is 1.57. The number of fused-ring (bicyclic) bond motifs is 1. The molecule has 0 fully saturated rings. The van der Waals surface area contributed by atoms with Gasteiger partial charge in [-0.25, -0.2) is 4.68 Å². The molecule has 0 bridgehead atoms. The zero-order chi connectivity index (χ0) is 28.3. The molecule has 0 aliphatic carbocycles. The Morgan fingerprint density at radius 1 is 1.00 bits per heavy atom. The number of ether oxygens (including phenoxy) is 2. The third kappa shape index (κ3) is 5.46. The largest absolute Gasteiger partial charge is 0.495 e. The van der Waals surface area contributed by atoms with Gasteiger partial charge in [-0.1, -0.05) is 54.5 Å². The summed E-state index contributed by atoms with van der Waals surface area (Å²) < 4.78 is 14.7. The number of hydrogen-bond acceptors (Lipinski definition) is 7. The van der Waals surface area contributed by atoms with E-state index in [0.29, 0.717) is 38.4 Å². The molecule has 3 aromatic heterocycles. The van der Waals surface area contributed by atoms with Gasteiger partial charge in [-0.05, 0) is 67.1 Å². The van der Waals surface area contributed by atoms with Gasteiger partial charge < -0.3 is 9.47 Å². The Bertz CT molecular complexity index is 1930. The smallest absolute Gasteiger partial charge is 0.291 e. The first-order valence-corrected chi connectivity index (χ1v) is 14.4. The second kappa shape index (κ2) is 11.6. The van der Waals surface area contributed by atoms with Crippen LogP contribution in [0.15, 0.2) is 83.8 Å². The molecule has 0 atom stereocenters. The van der Waals surface area contributed by atoms with Gasteiger partial charge in [0.05, 0.1) is 29.0 Å². The molecule has 0 radical (unpaired) electrons. The normalized spacial score (nSPS) is 11.8. The molecule has 8 nitrogen and oxygen atoms in total. The number of methoxy groups -OCH3 is 1. The van der Waals surface area contributed by atoms with Crippen LogP contribution in [-0.2, 0) is 0 Å². The van der Waals surface area contributed by atoms with E-state index in [9.17, 15) is 4.79 Å². The van der Waals surface area contributed by atoms with Crippen LogP contribution in [0.5, 0.6) is 11.5 Å². The van der Waals surface area contributed by atoms with Crippen LogP contribution >= 0.6 is 22.9 Å². The number of hydrogen-bond donors (Lipinski definition) is 0. The fourth-order valence-corrected chi connectivity index (χ4v) is 5.53. The van der Waals surface area contributed by atoms with Gasteiger partial charge in [0.25, 0.3) is 5.56 Å². The van der Waals surface area contributed by atoms with Gasteiger partial charge in [-0.3, -0.25) is 4.79 Å². The van der Waals surface area contributed by atoms with Crippen molar-refractivity contribution in [3.05, 3.63) is 104 Å². The minimum atomic E-state index is -0.241. The van der Waals surface area contributed by atoms with Crippen molar-refractivity contribution in [1.82, 2.24) is 24.4 Å². The highest BCUT2D eigenvalue weighted by atomic mass is 35.5. The predicted octanol–water partition coefficient (Wildman–Crippen LogP) is 6.06. The molecule has 3 heterocycles. The molecule has 0 saturated carbocycles. The topological polar surface area (TPSA) is 83.5 Å². The van der Waals surface area contributed by atoms with Crippen LogP contribution in [0.2, 0.25) is 5.02 Å². The molecular weight excluding hydrogens is 558 g/mol. The van der Waals surface area contributed by atoms with Crippen molar-refractivity contribution >= 4 is 34.0 Å². The Balaban J connectivity index is 1.38. The highest BCUT2D eigenvalue weighted by Crippen LogP contribution is 2.32. The predicted molar refractivity (Wildman–Crippen MR) is 162 cm³/mol. The summed E-state index contributed by atoms with van der Waals surface area (Å²) in [5.41, 5.74) is 3.71. The van der Waals surface area contributed by atoms with Crippen LogP contribution < -0.4 is 19.6 Å². The Kier molecular flexibility index (Phi) is 7.54. The maximum Gasteiger partial charge on any atom is 0.291 e. The minimum absolute atomic E-state index is 0.241. The number of rotatable bonds is 9. The lowest BCUT2D eigenvalue weighted by Gasteiger charge is -2.05. The number of aromatic nitrogens is 5. The Morgan fingerprint density at radius 3 is 2.49 bits per heavy atom. The van der Waals surface area contributed by atoms with Crippen LogP contribution in [0.3, 0.4) is 0 Å². The summed E-state index contributed by atoms with van der Waals surface area (Å²) in [5.74, 6) is 1.87. The van der Waals surface area contributed by atoms with Crippen LogP contribution in [-0.4, -0.2) is 38.1 Å². The molecule has 0 spiro atoms. The number of nitrogens with zero attached hydrogens (tertiary/aromatic N) is 5. The van der Waals surface area contributed by atoms with Gasteiger partial charge in [0.15, 0.2) is 5.82 Å². The number of para-hydroxylation sites is 1. The SMILES string of the molecule is CCCCOc1ccc(-c2nc3sc(=Cc4cn(-c5ccccc5)nc4-c4ccc(OC)c(Cl)c4)c(=O)n3n2)cc1. The zero-order valence-electron chi connectivity index (χ0n) is 22.5. The first-order chi connectivity index (χ1) is 20.0. The molecular formula is C31H26ClN5O3S. The van der Waals surface area contributed by atoms with E-state index in [2.05, 4.69) is 17.0 Å². The highest BCUT2D eigenvalue weighted by Gasteiger charge is 2.16. The van der Waals surface area contributed by atoms with Crippen molar-refractivity contribution in [2.45, 2.75) is 19.8 Å². The number of benzene rings is 3. The minimum Gasteiger partial charge on any atom is -0.495 e. The third-order valence-corrected chi connectivity index (χ3v) is 7.79. The standard InChI is InChI=1S/C31H26ClN5O3S/c1-3-4-16-40-24-13-10-20(11-14-24)29-33-31-37(35-29)30(38)27(41-31)18-22-19-36(23-8-6-5-7-9-23)34-28(22)21-12-15-26(39-2)25(32)17-21/h5-15,17-19H,3-4,16H2,1-2H3. The quantitative estimate of drug-likeness (QED) is 0.192. The number of thiazole rings is 1. The van der Waals surface area contributed by atoms with E-state index < -0.39 is 0 Å². The van der Waals surface area contributed by atoms with Crippen molar-refractivity contribution in [2.75, 3.05) is 13.7 Å². The van der Waals surface area contributed by atoms with E-state index in [1.54, 1.807) is 17.9 Å². The summed E-state index contributed by atoms with van der Waals surface area (Å²) in [6.45, 7) is 2.81. The number of halogens is 1. The lowest BCUT2D eigenvalue weighted by molar-refractivity contribution is 0.309. The average Bonchev–Trinajstić information content (AvgIpc) is 3.69. The molecule has 6 aromatic rings. The van der Waals surface area contributed by atoms with Gasteiger partial charge in [-0.15, -0.1) is 5.10 Å². The molecule has 6 rings (SSSR count). The Morgan fingerprint density at radius 2 is 1.78 bits per heavy atom. The van der Waals surface area contributed by atoms with E-state index in [0.717, 1.165) is 41.0 Å². The summed E-state index contributed by atoms with van der Waals surface area (Å²) in [6.07, 6.45) is 5.81. The van der Waals surface area contributed by atoms with Gasteiger partial charge in [0.1, 0.15) is 17.2 Å². The van der Waals surface area contributed by atoms with Gasteiger partial charge in [0.2, 0.25) is 4.96 Å². The highest BCUT2D eigenvalue weighted by molar-refractivity contribution is 7.15. The van der Waals surface area contributed by atoms with Gasteiger partial charge >= 0.3 is 0 Å². The molecule has 10 heteroatoms. The molecule has 0 amide bonds.